The molecule has 0 spiro atoms. The fourth-order valence-electron chi connectivity index (χ4n) is 2.24. The molecule has 0 saturated carbocycles. The maximum Gasteiger partial charge on any atom is 0.0706 e. The van der Waals surface area contributed by atoms with Crippen molar-refractivity contribution in [2.24, 2.45) is 5.73 Å². The van der Waals surface area contributed by atoms with E-state index in [1.165, 1.54) is 0 Å². The lowest BCUT2D eigenvalue weighted by atomic mass is 10.0. The molecule has 2 heterocycles. The Hall–Kier alpha value is -2.46. The highest BCUT2D eigenvalue weighted by Gasteiger charge is 2.11. The summed E-state index contributed by atoms with van der Waals surface area (Å²) in [6.45, 7) is 0. The Kier molecular flexibility index (Phi) is 3.31. The second kappa shape index (κ2) is 5.27. The van der Waals surface area contributed by atoms with E-state index in [2.05, 4.69) is 9.97 Å². The third-order valence-electron chi connectivity index (χ3n) is 3.38. The lowest BCUT2D eigenvalue weighted by molar-refractivity contribution is 0.699. The summed E-state index contributed by atoms with van der Waals surface area (Å²) in [6.07, 6.45) is 4.07. The molecule has 0 fully saturated rings. The first-order chi connectivity index (χ1) is 9.74. The number of pyridine rings is 2. The average molecular weight is 264 g/mol. The van der Waals surface area contributed by atoms with Gasteiger partial charge in [-0.05, 0) is 30.2 Å². The van der Waals surface area contributed by atoms with Gasteiger partial charge < -0.3 is 11.5 Å². The minimum absolute atomic E-state index is 0.189. The summed E-state index contributed by atoms with van der Waals surface area (Å²) >= 11 is 0. The van der Waals surface area contributed by atoms with Gasteiger partial charge in [0, 0.05) is 23.5 Å². The van der Waals surface area contributed by atoms with E-state index in [1.807, 2.05) is 36.4 Å². The van der Waals surface area contributed by atoms with Crippen LogP contribution in [-0.2, 0) is 6.42 Å². The Labute approximate surface area is 117 Å². The lowest BCUT2D eigenvalue weighted by Crippen LogP contribution is -2.16. The van der Waals surface area contributed by atoms with E-state index in [1.54, 1.807) is 18.5 Å². The third-order valence-corrected chi connectivity index (χ3v) is 3.38. The standard InChI is InChI=1S/C16H16N4/c17-13-7-8-19-10-12(13)9-14(18)16-6-5-11-3-1-2-4-15(11)20-16/h1-8,10,14H,9,18H2,(H2,17,19). The molecule has 3 aromatic rings. The number of anilines is 1. The van der Waals surface area contributed by atoms with Gasteiger partial charge in [0.25, 0.3) is 0 Å². The van der Waals surface area contributed by atoms with Crippen LogP contribution in [0.4, 0.5) is 5.69 Å². The molecule has 1 atom stereocenters. The molecule has 0 amide bonds. The number of para-hydroxylation sites is 1. The lowest BCUT2D eigenvalue weighted by Gasteiger charge is -2.13. The molecule has 1 aromatic carbocycles. The molecule has 0 aliphatic rings. The first-order valence-electron chi connectivity index (χ1n) is 6.53. The topological polar surface area (TPSA) is 77.8 Å². The molecule has 0 saturated heterocycles. The van der Waals surface area contributed by atoms with Gasteiger partial charge >= 0.3 is 0 Å². The Morgan fingerprint density at radius 2 is 1.90 bits per heavy atom. The van der Waals surface area contributed by atoms with Crippen LogP contribution in [0.1, 0.15) is 17.3 Å². The Morgan fingerprint density at radius 1 is 1.05 bits per heavy atom. The molecule has 4 N–H and O–H groups in total. The monoisotopic (exact) mass is 264 g/mol. The van der Waals surface area contributed by atoms with Crippen LogP contribution in [-0.4, -0.2) is 9.97 Å². The van der Waals surface area contributed by atoms with E-state index in [0.717, 1.165) is 27.8 Å². The number of aromatic nitrogens is 2. The van der Waals surface area contributed by atoms with Crippen molar-refractivity contribution in [1.29, 1.82) is 0 Å². The molecule has 1 unspecified atom stereocenters. The number of hydrogen-bond acceptors (Lipinski definition) is 4. The van der Waals surface area contributed by atoms with E-state index >= 15 is 0 Å². The molecule has 100 valence electrons. The van der Waals surface area contributed by atoms with Crippen molar-refractivity contribution in [3.05, 3.63) is 66.1 Å². The van der Waals surface area contributed by atoms with Gasteiger partial charge in [-0.3, -0.25) is 9.97 Å². The van der Waals surface area contributed by atoms with Crippen LogP contribution in [0.5, 0.6) is 0 Å². The van der Waals surface area contributed by atoms with Gasteiger partial charge in [0.1, 0.15) is 0 Å². The molecular formula is C16H16N4. The quantitative estimate of drug-likeness (QED) is 0.761. The second-order valence-corrected chi connectivity index (χ2v) is 4.81. The molecular weight excluding hydrogens is 248 g/mol. The van der Waals surface area contributed by atoms with Gasteiger partial charge in [-0.2, -0.15) is 0 Å². The number of rotatable bonds is 3. The van der Waals surface area contributed by atoms with E-state index in [4.69, 9.17) is 11.5 Å². The Balaban J connectivity index is 1.89. The van der Waals surface area contributed by atoms with Crippen molar-refractivity contribution < 1.29 is 0 Å². The first-order valence-corrected chi connectivity index (χ1v) is 6.53. The van der Waals surface area contributed by atoms with Crippen molar-refractivity contribution >= 4 is 16.6 Å². The molecule has 4 heteroatoms. The van der Waals surface area contributed by atoms with Crippen LogP contribution in [0.2, 0.25) is 0 Å². The van der Waals surface area contributed by atoms with Gasteiger partial charge in [0.05, 0.1) is 17.3 Å². The molecule has 4 nitrogen and oxygen atoms in total. The third kappa shape index (κ3) is 2.46. The van der Waals surface area contributed by atoms with Gasteiger partial charge in [-0.15, -0.1) is 0 Å². The summed E-state index contributed by atoms with van der Waals surface area (Å²) in [6, 6.07) is 13.6. The van der Waals surface area contributed by atoms with E-state index in [-0.39, 0.29) is 6.04 Å². The molecule has 0 aliphatic carbocycles. The van der Waals surface area contributed by atoms with Crippen molar-refractivity contribution in [3.63, 3.8) is 0 Å². The zero-order valence-corrected chi connectivity index (χ0v) is 11.0. The zero-order chi connectivity index (χ0) is 13.9. The highest BCUT2D eigenvalue weighted by atomic mass is 14.8. The number of nitrogens with zero attached hydrogens (tertiary/aromatic N) is 2. The van der Waals surface area contributed by atoms with Gasteiger partial charge in [-0.25, -0.2) is 0 Å². The maximum absolute atomic E-state index is 6.24. The largest absolute Gasteiger partial charge is 0.398 e. The van der Waals surface area contributed by atoms with E-state index in [9.17, 15) is 0 Å². The van der Waals surface area contributed by atoms with Crippen LogP contribution < -0.4 is 11.5 Å². The fourth-order valence-corrected chi connectivity index (χ4v) is 2.24. The summed E-state index contributed by atoms with van der Waals surface area (Å²) < 4.78 is 0. The SMILES string of the molecule is Nc1ccncc1CC(N)c1ccc2ccccc2n1. The van der Waals surface area contributed by atoms with Crippen molar-refractivity contribution in [3.8, 4) is 0 Å². The second-order valence-electron chi connectivity index (χ2n) is 4.81. The highest BCUT2D eigenvalue weighted by molar-refractivity contribution is 5.78. The van der Waals surface area contributed by atoms with Crippen molar-refractivity contribution in [2.75, 3.05) is 5.73 Å². The summed E-state index contributed by atoms with van der Waals surface area (Å²) in [5, 5.41) is 1.12. The minimum atomic E-state index is -0.189. The molecule has 3 rings (SSSR count). The van der Waals surface area contributed by atoms with Crippen LogP contribution >= 0.6 is 0 Å². The van der Waals surface area contributed by atoms with Crippen LogP contribution in [0, 0.1) is 0 Å². The number of nitrogens with two attached hydrogens (primary N) is 2. The number of nitrogen functional groups attached to an aromatic ring is 1. The summed E-state index contributed by atoms with van der Waals surface area (Å²) in [5.74, 6) is 0. The summed E-state index contributed by atoms with van der Waals surface area (Å²) in [4.78, 5) is 8.70. The molecule has 0 radical (unpaired) electrons. The Morgan fingerprint density at radius 3 is 2.75 bits per heavy atom. The van der Waals surface area contributed by atoms with Gasteiger partial charge in [0.15, 0.2) is 0 Å². The van der Waals surface area contributed by atoms with Crippen molar-refractivity contribution in [2.45, 2.75) is 12.5 Å². The smallest absolute Gasteiger partial charge is 0.0706 e. The highest BCUT2D eigenvalue weighted by Crippen LogP contribution is 2.20. The Bertz CT molecular complexity index is 739. The van der Waals surface area contributed by atoms with Crippen LogP contribution in [0.3, 0.4) is 0 Å². The number of benzene rings is 1. The number of hydrogen-bond donors (Lipinski definition) is 2. The predicted octanol–water partition coefficient (Wildman–Crippen LogP) is 2.45. The van der Waals surface area contributed by atoms with Crippen molar-refractivity contribution in [1.82, 2.24) is 9.97 Å². The molecule has 2 aromatic heterocycles. The zero-order valence-electron chi connectivity index (χ0n) is 11.0. The van der Waals surface area contributed by atoms with E-state index in [0.29, 0.717) is 6.42 Å². The summed E-state index contributed by atoms with van der Waals surface area (Å²) in [5.41, 5.74) is 15.7. The predicted molar refractivity (Wildman–Crippen MR) is 81.0 cm³/mol. The average Bonchev–Trinajstić information content (AvgIpc) is 2.49. The molecule has 0 aliphatic heterocycles. The molecule has 0 bridgehead atoms. The first kappa shape index (κ1) is 12.6. The van der Waals surface area contributed by atoms with Crippen LogP contribution in [0.15, 0.2) is 54.9 Å². The minimum Gasteiger partial charge on any atom is -0.398 e. The van der Waals surface area contributed by atoms with Gasteiger partial charge in [0.2, 0.25) is 0 Å². The normalized spacial score (nSPS) is 12.4. The van der Waals surface area contributed by atoms with E-state index < -0.39 is 0 Å². The molecule has 20 heavy (non-hydrogen) atoms. The van der Waals surface area contributed by atoms with Gasteiger partial charge in [-0.1, -0.05) is 24.3 Å². The van der Waals surface area contributed by atoms with Crippen LogP contribution in [0.25, 0.3) is 10.9 Å². The fraction of sp³-hybridized carbons (Fsp3) is 0.125. The number of fused-ring (bicyclic) bond motifs is 1. The maximum atomic E-state index is 6.24. The summed E-state index contributed by atoms with van der Waals surface area (Å²) in [7, 11) is 0.